The van der Waals surface area contributed by atoms with Crippen molar-refractivity contribution < 1.29 is 33.8 Å². The van der Waals surface area contributed by atoms with E-state index in [9.17, 15) is 24.6 Å². The molecule has 9 nitrogen and oxygen atoms in total. The summed E-state index contributed by atoms with van der Waals surface area (Å²) >= 11 is 3.59. The maximum atomic E-state index is 13.9. The zero-order chi connectivity index (χ0) is 39.3. The van der Waals surface area contributed by atoms with Gasteiger partial charge in [-0.25, -0.2) is 0 Å². The summed E-state index contributed by atoms with van der Waals surface area (Å²) in [4.78, 5) is 40.8. The van der Waals surface area contributed by atoms with Crippen molar-refractivity contribution in [3.05, 3.63) is 62.6 Å². The number of aliphatic hydroxyl groups excluding tert-OH is 1. The number of amides is 1. The number of carboxylic acids is 1. The number of carboxylic acid groups (broad SMARTS) is 1. The van der Waals surface area contributed by atoms with Crippen LogP contribution in [0.4, 0.5) is 5.69 Å². The highest BCUT2D eigenvalue weighted by atomic mass is 79.9. The largest absolute Gasteiger partial charge is 0.481 e. The van der Waals surface area contributed by atoms with Gasteiger partial charge in [-0.1, -0.05) is 53.4 Å². The van der Waals surface area contributed by atoms with Gasteiger partial charge in [0, 0.05) is 49.2 Å². The number of halogens is 1. The fourth-order valence-electron chi connectivity index (χ4n) is 8.16. The van der Waals surface area contributed by atoms with Crippen LogP contribution in [0, 0.1) is 27.7 Å². The number of Topliss-reactive ketones (excluding diaryl/α,β-unsaturated/α-hetero) is 1. The van der Waals surface area contributed by atoms with Gasteiger partial charge in [0.05, 0.1) is 32.3 Å². The fourth-order valence-corrected chi connectivity index (χ4v) is 8.84. The van der Waals surface area contributed by atoms with Gasteiger partial charge in [-0.3, -0.25) is 19.3 Å². The lowest BCUT2D eigenvalue weighted by molar-refractivity contribution is -0.921. The second kappa shape index (κ2) is 24.8. The lowest BCUT2D eigenvalue weighted by Gasteiger charge is -2.39. The first-order chi connectivity index (χ1) is 25.9. The van der Waals surface area contributed by atoms with E-state index in [4.69, 9.17) is 4.74 Å². The number of para-hydroxylation sites is 1. The number of carbonyl (C=O) groups excluding carboxylic acids is 2. The summed E-state index contributed by atoms with van der Waals surface area (Å²) in [6, 6.07) is 10.1. The summed E-state index contributed by atoms with van der Waals surface area (Å²) in [5.74, 6) is -0.436. The first-order valence-corrected chi connectivity index (χ1v) is 21.4. The van der Waals surface area contributed by atoms with Crippen LogP contribution in [0.2, 0.25) is 0 Å². The van der Waals surface area contributed by atoms with Crippen molar-refractivity contribution in [3.8, 4) is 0 Å². The van der Waals surface area contributed by atoms with Crippen molar-refractivity contribution in [2.75, 3.05) is 64.4 Å². The molecular formula is C44H69BrN3O6+. The molecule has 302 valence electrons. The minimum Gasteiger partial charge on any atom is -0.481 e. The third-order valence-corrected chi connectivity index (χ3v) is 11.6. The first-order valence-electron chi connectivity index (χ1n) is 20.6. The standard InChI is InChI=1S/C44H68BrN3O6/c1-34-18-15-19-35(2)43(34)46-44(53)41-20-10-11-22-47(41)23-16-28-54-29-17-26-48(24-12-6-5-7-14-27-49,25-13-8-9-21-42(51)52)33-39(50)32-40-36(3)30-38(45)31-37(40)4/h15,18-19,30-31,41,49H,5-14,16-17,20-29,32-33H2,1-4H3,(H-,46,51,52,53)/p+1. The van der Waals surface area contributed by atoms with Crippen LogP contribution in [-0.2, 0) is 25.5 Å². The molecule has 1 aliphatic rings. The topological polar surface area (TPSA) is 116 Å². The molecule has 0 radical (unpaired) electrons. The van der Waals surface area contributed by atoms with E-state index in [1.165, 1.54) is 0 Å². The molecule has 0 aromatic heterocycles. The number of aryl methyl sites for hydroxylation is 4. The van der Waals surface area contributed by atoms with Crippen molar-refractivity contribution in [1.82, 2.24) is 4.90 Å². The summed E-state index contributed by atoms with van der Waals surface area (Å²) in [5, 5.41) is 21.6. The first kappa shape index (κ1) is 45.8. The van der Waals surface area contributed by atoms with Crippen LogP contribution in [-0.4, -0.2) is 102 Å². The normalized spacial score (nSPS) is 15.9. The number of ether oxygens (including phenoxy) is 1. The van der Waals surface area contributed by atoms with Gasteiger partial charge in [-0.2, -0.15) is 0 Å². The number of likely N-dealkylation sites (tertiary alicyclic amines) is 1. The second-order valence-corrected chi connectivity index (χ2v) is 16.6. The predicted molar refractivity (Wildman–Crippen MR) is 222 cm³/mol. The SMILES string of the molecule is Cc1cc(Br)cc(C)c1CC(=O)C[N+](CCCCCCCO)(CCCCCC(=O)O)CCCOCCCN1CCCCC1C(=O)Nc1c(C)cccc1C. The molecule has 3 rings (SSSR count). The van der Waals surface area contributed by atoms with Crippen LogP contribution >= 0.6 is 15.9 Å². The number of nitrogens with zero attached hydrogens (tertiary/aromatic N) is 2. The van der Waals surface area contributed by atoms with Crippen LogP contribution in [0.1, 0.15) is 118 Å². The van der Waals surface area contributed by atoms with Gasteiger partial charge in [0.1, 0.15) is 6.54 Å². The highest BCUT2D eigenvalue weighted by Crippen LogP contribution is 2.25. The number of ketones is 1. The van der Waals surface area contributed by atoms with E-state index >= 15 is 0 Å². The van der Waals surface area contributed by atoms with E-state index < -0.39 is 5.97 Å². The number of piperidine rings is 1. The Labute approximate surface area is 333 Å². The van der Waals surface area contributed by atoms with Gasteiger partial charge < -0.3 is 24.7 Å². The molecular weight excluding hydrogens is 746 g/mol. The van der Waals surface area contributed by atoms with Crippen LogP contribution in [0.5, 0.6) is 0 Å². The molecule has 2 aromatic carbocycles. The monoisotopic (exact) mass is 814 g/mol. The van der Waals surface area contributed by atoms with Gasteiger partial charge in [-0.05, 0) is 132 Å². The minimum absolute atomic E-state index is 0.0819. The van der Waals surface area contributed by atoms with Crippen molar-refractivity contribution in [2.45, 2.75) is 130 Å². The molecule has 2 aromatic rings. The van der Waals surface area contributed by atoms with Crippen LogP contribution in [0.15, 0.2) is 34.8 Å². The zero-order valence-corrected chi connectivity index (χ0v) is 35.3. The van der Waals surface area contributed by atoms with Crippen LogP contribution < -0.4 is 5.32 Å². The average Bonchev–Trinajstić information content (AvgIpc) is 3.12. The lowest BCUT2D eigenvalue weighted by Crippen LogP contribution is -2.53. The van der Waals surface area contributed by atoms with Gasteiger partial charge >= 0.3 is 5.97 Å². The maximum absolute atomic E-state index is 13.9. The zero-order valence-electron chi connectivity index (χ0n) is 33.7. The summed E-state index contributed by atoms with van der Waals surface area (Å²) in [6.45, 7) is 14.5. The van der Waals surface area contributed by atoms with E-state index in [0.717, 1.165) is 148 Å². The van der Waals surface area contributed by atoms with E-state index in [1.54, 1.807) is 0 Å². The summed E-state index contributed by atoms with van der Waals surface area (Å²) in [6.07, 6.45) is 12.7. The minimum atomic E-state index is -0.761. The van der Waals surface area contributed by atoms with E-state index in [2.05, 4.69) is 52.1 Å². The summed E-state index contributed by atoms with van der Waals surface area (Å²) < 4.78 is 7.94. The Hall–Kier alpha value is -2.63. The molecule has 1 aliphatic heterocycles. The third-order valence-electron chi connectivity index (χ3n) is 11.2. The molecule has 1 heterocycles. The molecule has 0 saturated carbocycles. The molecule has 2 unspecified atom stereocenters. The Morgan fingerprint density at radius 2 is 1.44 bits per heavy atom. The number of anilines is 1. The smallest absolute Gasteiger partial charge is 0.303 e. The van der Waals surface area contributed by atoms with Gasteiger partial charge in [0.2, 0.25) is 5.91 Å². The molecule has 2 atom stereocenters. The Morgan fingerprint density at radius 1 is 0.833 bits per heavy atom. The van der Waals surface area contributed by atoms with E-state index in [0.29, 0.717) is 37.1 Å². The third kappa shape index (κ3) is 16.2. The molecule has 1 amide bonds. The van der Waals surface area contributed by atoms with Crippen molar-refractivity contribution in [3.63, 3.8) is 0 Å². The molecule has 3 N–H and O–H groups in total. The number of carbonyl (C=O) groups is 3. The number of nitrogens with one attached hydrogen (secondary N) is 1. The fraction of sp³-hybridized carbons (Fsp3) is 0.659. The number of hydrogen-bond acceptors (Lipinski definition) is 6. The number of unbranched alkanes of at least 4 members (excludes halogenated alkanes) is 6. The van der Waals surface area contributed by atoms with Gasteiger partial charge in [0.25, 0.3) is 0 Å². The number of aliphatic carboxylic acids is 1. The quantitative estimate of drug-likeness (QED) is 0.0612. The molecule has 0 bridgehead atoms. The van der Waals surface area contributed by atoms with Gasteiger partial charge in [0.15, 0.2) is 5.78 Å². The molecule has 10 heteroatoms. The number of aliphatic hydroxyl groups is 1. The molecule has 1 saturated heterocycles. The number of hydrogen-bond donors (Lipinski definition) is 3. The van der Waals surface area contributed by atoms with E-state index in [1.807, 2.05) is 32.0 Å². The lowest BCUT2D eigenvalue weighted by atomic mass is 9.97. The molecule has 0 aliphatic carbocycles. The molecule has 54 heavy (non-hydrogen) atoms. The van der Waals surface area contributed by atoms with Crippen LogP contribution in [0.3, 0.4) is 0 Å². The Kier molecular flexibility index (Phi) is 21.0. The summed E-state index contributed by atoms with van der Waals surface area (Å²) in [7, 11) is 0. The highest BCUT2D eigenvalue weighted by molar-refractivity contribution is 9.10. The predicted octanol–water partition coefficient (Wildman–Crippen LogP) is 8.49. The Balaban J connectivity index is 1.60. The van der Waals surface area contributed by atoms with Crippen LogP contribution in [0.25, 0.3) is 0 Å². The van der Waals surface area contributed by atoms with Crippen molar-refractivity contribution >= 4 is 39.3 Å². The number of rotatable bonds is 27. The highest BCUT2D eigenvalue weighted by Gasteiger charge is 2.31. The second-order valence-electron chi connectivity index (χ2n) is 15.7. The average molecular weight is 816 g/mol. The number of benzene rings is 2. The number of quaternary nitrogens is 1. The van der Waals surface area contributed by atoms with Crippen molar-refractivity contribution in [2.24, 2.45) is 0 Å². The molecule has 1 fully saturated rings. The molecule has 0 spiro atoms. The Bertz CT molecular complexity index is 1420. The Morgan fingerprint density at radius 3 is 2.11 bits per heavy atom. The van der Waals surface area contributed by atoms with Gasteiger partial charge in [-0.15, -0.1) is 0 Å². The maximum Gasteiger partial charge on any atom is 0.303 e. The van der Waals surface area contributed by atoms with Crippen molar-refractivity contribution in [1.29, 1.82) is 0 Å². The summed E-state index contributed by atoms with van der Waals surface area (Å²) in [5.41, 5.74) is 6.44. The van der Waals surface area contributed by atoms with E-state index in [-0.39, 0.29) is 30.8 Å².